The predicted molar refractivity (Wildman–Crippen MR) is 77.3 cm³/mol. The average molecular weight is 342 g/mol. The molecule has 0 N–H and O–H groups in total. The number of amides is 1. The van der Waals surface area contributed by atoms with Crippen LogP contribution in [0.25, 0.3) is 0 Å². The zero-order valence-corrected chi connectivity index (χ0v) is 12.0. The van der Waals surface area contributed by atoms with E-state index in [4.69, 9.17) is 5.26 Å². The molecule has 0 aliphatic rings. The van der Waals surface area contributed by atoms with Crippen LogP contribution in [-0.2, 0) is 4.79 Å². The molecule has 0 unspecified atom stereocenters. The second-order valence-electron chi connectivity index (χ2n) is 3.73. The number of hydrogen-bond donors (Lipinski definition) is 0. The number of benzene rings is 1. The van der Waals surface area contributed by atoms with Gasteiger partial charge >= 0.3 is 0 Å². The lowest BCUT2D eigenvalue weighted by atomic mass is 10.2. The highest BCUT2D eigenvalue weighted by Crippen LogP contribution is 2.17. The van der Waals surface area contributed by atoms with Gasteiger partial charge in [0.25, 0.3) is 0 Å². The van der Waals surface area contributed by atoms with Gasteiger partial charge in [-0.25, -0.2) is 0 Å². The third kappa shape index (κ3) is 4.35. The number of nitriles is 1. The van der Waals surface area contributed by atoms with Crippen LogP contribution in [0.2, 0.25) is 0 Å². The van der Waals surface area contributed by atoms with Crippen molar-refractivity contribution in [2.24, 2.45) is 0 Å². The largest absolute Gasteiger partial charge is 0.313 e. The number of rotatable bonds is 5. The van der Waals surface area contributed by atoms with E-state index in [1.165, 1.54) is 0 Å². The van der Waals surface area contributed by atoms with Gasteiger partial charge in [-0.05, 0) is 35.5 Å². The van der Waals surface area contributed by atoms with E-state index in [1.54, 1.807) is 24.0 Å². The molecule has 4 heteroatoms. The Morgan fingerprint density at radius 3 is 2.82 bits per heavy atom. The minimum Gasteiger partial charge on any atom is -0.313 e. The Kier molecular flexibility index (Phi) is 5.98. The lowest BCUT2D eigenvalue weighted by molar-refractivity contribution is -0.116. The number of halogens is 1. The van der Waals surface area contributed by atoms with Crippen LogP contribution in [0.1, 0.15) is 25.3 Å². The van der Waals surface area contributed by atoms with Crippen LogP contribution in [0.4, 0.5) is 5.69 Å². The monoisotopic (exact) mass is 342 g/mol. The summed E-state index contributed by atoms with van der Waals surface area (Å²) >= 11 is 2.33. The maximum Gasteiger partial charge on any atom is 0.223 e. The maximum atomic E-state index is 11.6. The Balaban J connectivity index is 2.82. The van der Waals surface area contributed by atoms with Crippen molar-refractivity contribution in [1.82, 2.24) is 0 Å². The van der Waals surface area contributed by atoms with Gasteiger partial charge in [-0.15, -0.1) is 0 Å². The van der Waals surface area contributed by atoms with Gasteiger partial charge in [0.2, 0.25) is 5.91 Å². The molecule has 0 spiro atoms. The summed E-state index contributed by atoms with van der Waals surface area (Å²) in [6.07, 6.45) is 2.08. The van der Waals surface area contributed by atoms with E-state index < -0.39 is 0 Å². The van der Waals surface area contributed by atoms with Crippen molar-refractivity contribution < 1.29 is 4.79 Å². The van der Waals surface area contributed by atoms with E-state index in [9.17, 15) is 4.79 Å². The van der Waals surface area contributed by atoms with E-state index >= 15 is 0 Å². The van der Waals surface area contributed by atoms with Gasteiger partial charge in [-0.1, -0.05) is 28.7 Å². The zero-order valence-electron chi connectivity index (χ0n) is 9.82. The molecule has 0 heterocycles. The standard InChI is InChI=1S/C13H15IN2O/c1-11(17)16(8-3-2-7-14)13-6-4-5-12(9-13)10-15/h4-6,9H,2-3,7-8H2,1H3. The molecule has 0 aromatic heterocycles. The second kappa shape index (κ2) is 7.28. The molecule has 3 nitrogen and oxygen atoms in total. The van der Waals surface area contributed by atoms with Crippen molar-refractivity contribution in [1.29, 1.82) is 5.26 Å². The third-order valence-electron chi connectivity index (χ3n) is 2.43. The predicted octanol–water partition coefficient (Wildman–Crippen LogP) is 3.13. The first-order valence-corrected chi connectivity index (χ1v) is 7.06. The third-order valence-corrected chi connectivity index (χ3v) is 3.20. The van der Waals surface area contributed by atoms with Crippen molar-refractivity contribution in [3.8, 4) is 6.07 Å². The van der Waals surface area contributed by atoms with Gasteiger partial charge in [0.1, 0.15) is 0 Å². The maximum absolute atomic E-state index is 11.6. The summed E-state index contributed by atoms with van der Waals surface area (Å²) < 4.78 is 1.10. The van der Waals surface area contributed by atoms with Crippen LogP contribution in [-0.4, -0.2) is 16.9 Å². The number of unbranched alkanes of at least 4 members (excludes halogenated alkanes) is 1. The van der Waals surface area contributed by atoms with Gasteiger partial charge < -0.3 is 4.90 Å². The van der Waals surface area contributed by atoms with E-state index in [0.29, 0.717) is 12.1 Å². The van der Waals surface area contributed by atoms with Crippen LogP contribution < -0.4 is 4.90 Å². The molecule has 17 heavy (non-hydrogen) atoms. The fraction of sp³-hybridized carbons (Fsp3) is 0.385. The Labute approximate surface area is 116 Å². The molecule has 0 radical (unpaired) electrons. The van der Waals surface area contributed by atoms with Gasteiger partial charge in [0.05, 0.1) is 11.6 Å². The van der Waals surface area contributed by atoms with Gasteiger partial charge in [-0.2, -0.15) is 5.26 Å². The number of anilines is 1. The zero-order chi connectivity index (χ0) is 12.7. The molecule has 0 fully saturated rings. The summed E-state index contributed by atoms with van der Waals surface area (Å²) in [5.74, 6) is 0.0218. The van der Waals surface area contributed by atoms with Crippen LogP contribution in [0, 0.1) is 11.3 Å². The van der Waals surface area contributed by atoms with Crippen LogP contribution in [0.15, 0.2) is 24.3 Å². The number of alkyl halides is 1. The Bertz CT molecular complexity index is 426. The van der Waals surface area contributed by atoms with E-state index in [-0.39, 0.29) is 5.91 Å². The highest BCUT2D eigenvalue weighted by molar-refractivity contribution is 14.1. The van der Waals surface area contributed by atoms with Crippen LogP contribution in [0.5, 0.6) is 0 Å². The summed E-state index contributed by atoms with van der Waals surface area (Å²) in [6, 6.07) is 9.26. The lowest BCUT2D eigenvalue weighted by Crippen LogP contribution is -2.29. The van der Waals surface area contributed by atoms with Crippen molar-refractivity contribution in [3.05, 3.63) is 29.8 Å². The molecule has 1 amide bonds. The Morgan fingerprint density at radius 2 is 2.24 bits per heavy atom. The summed E-state index contributed by atoms with van der Waals surface area (Å²) in [5.41, 5.74) is 1.40. The minimum absolute atomic E-state index is 0.0218. The van der Waals surface area contributed by atoms with Crippen molar-refractivity contribution in [2.45, 2.75) is 19.8 Å². The number of nitrogens with zero attached hydrogens (tertiary/aromatic N) is 2. The first-order chi connectivity index (χ1) is 8.19. The normalized spacial score (nSPS) is 9.71. The van der Waals surface area contributed by atoms with Gasteiger partial charge in [0.15, 0.2) is 0 Å². The molecule has 0 atom stereocenters. The molecule has 0 bridgehead atoms. The van der Waals surface area contributed by atoms with Crippen molar-refractivity contribution >= 4 is 34.2 Å². The van der Waals surface area contributed by atoms with Gasteiger partial charge in [0, 0.05) is 19.2 Å². The van der Waals surface area contributed by atoms with Crippen molar-refractivity contribution in [2.75, 3.05) is 15.9 Å². The molecule has 0 aliphatic heterocycles. The lowest BCUT2D eigenvalue weighted by Gasteiger charge is -2.21. The Hall–Kier alpha value is -1.09. The molecule has 0 saturated carbocycles. The highest BCUT2D eigenvalue weighted by atomic mass is 127. The van der Waals surface area contributed by atoms with Crippen molar-refractivity contribution in [3.63, 3.8) is 0 Å². The summed E-state index contributed by atoms with van der Waals surface area (Å²) in [7, 11) is 0. The fourth-order valence-electron chi connectivity index (χ4n) is 1.58. The van der Waals surface area contributed by atoms with E-state index in [0.717, 1.165) is 23.0 Å². The quantitative estimate of drug-likeness (QED) is 0.469. The second-order valence-corrected chi connectivity index (χ2v) is 4.81. The smallest absolute Gasteiger partial charge is 0.223 e. The van der Waals surface area contributed by atoms with E-state index in [2.05, 4.69) is 28.7 Å². The molecular formula is C13H15IN2O. The van der Waals surface area contributed by atoms with Crippen LogP contribution >= 0.6 is 22.6 Å². The average Bonchev–Trinajstić information content (AvgIpc) is 2.34. The summed E-state index contributed by atoms with van der Waals surface area (Å²) in [5, 5.41) is 8.84. The molecule has 0 aliphatic carbocycles. The molecule has 1 rings (SSSR count). The summed E-state index contributed by atoms with van der Waals surface area (Å²) in [6.45, 7) is 2.27. The first-order valence-electron chi connectivity index (χ1n) is 5.53. The topological polar surface area (TPSA) is 44.1 Å². The number of hydrogen-bond acceptors (Lipinski definition) is 2. The fourth-order valence-corrected chi connectivity index (χ4v) is 2.12. The van der Waals surface area contributed by atoms with Crippen LogP contribution in [0.3, 0.4) is 0 Å². The molecular weight excluding hydrogens is 327 g/mol. The molecule has 0 saturated heterocycles. The Morgan fingerprint density at radius 1 is 1.47 bits per heavy atom. The SMILES string of the molecule is CC(=O)N(CCCCI)c1cccc(C#N)c1. The first kappa shape index (κ1) is 14.0. The highest BCUT2D eigenvalue weighted by Gasteiger charge is 2.11. The minimum atomic E-state index is 0.0218. The molecule has 1 aromatic rings. The molecule has 1 aromatic carbocycles. The van der Waals surface area contributed by atoms with E-state index in [1.807, 2.05) is 12.1 Å². The number of carbonyl (C=O) groups is 1. The summed E-state index contributed by atoms with van der Waals surface area (Å²) in [4.78, 5) is 13.3. The van der Waals surface area contributed by atoms with Gasteiger partial charge in [-0.3, -0.25) is 4.79 Å². The molecule has 90 valence electrons. The number of carbonyl (C=O) groups excluding carboxylic acids is 1.